The summed E-state index contributed by atoms with van der Waals surface area (Å²) in [7, 11) is 1.84. The number of hydrogen-bond donors (Lipinski definition) is 1. The Morgan fingerprint density at radius 2 is 1.85 bits per heavy atom. The van der Waals surface area contributed by atoms with Gasteiger partial charge in [-0.05, 0) is 32.9 Å². The van der Waals surface area contributed by atoms with E-state index >= 15 is 0 Å². The summed E-state index contributed by atoms with van der Waals surface area (Å²) < 4.78 is 3.89. The molecule has 0 fully saturated rings. The lowest BCUT2D eigenvalue weighted by molar-refractivity contribution is 0.413. The first-order valence-electron chi connectivity index (χ1n) is 6.65. The van der Waals surface area contributed by atoms with E-state index in [4.69, 9.17) is 10.7 Å². The van der Waals surface area contributed by atoms with Crippen LogP contribution in [0.2, 0.25) is 0 Å². The summed E-state index contributed by atoms with van der Waals surface area (Å²) >= 11 is 0. The summed E-state index contributed by atoms with van der Waals surface area (Å²) in [6, 6.07) is 8.14. The largest absolute Gasteiger partial charge is 0.383 e. The molecule has 3 aromatic rings. The maximum atomic E-state index is 6.12. The monoisotopic (exact) mass is 269 g/mol. The van der Waals surface area contributed by atoms with Gasteiger partial charge in [-0.15, -0.1) is 0 Å². The summed E-state index contributed by atoms with van der Waals surface area (Å²) in [5.41, 5.74) is 8.98. The van der Waals surface area contributed by atoms with Crippen molar-refractivity contribution in [3.63, 3.8) is 0 Å². The quantitative estimate of drug-likeness (QED) is 0.739. The average molecular weight is 269 g/mol. The highest BCUT2D eigenvalue weighted by Crippen LogP contribution is 2.33. The number of aryl methyl sites for hydroxylation is 1. The molecule has 0 aliphatic carbocycles. The van der Waals surface area contributed by atoms with Crippen molar-refractivity contribution >= 4 is 16.9 Å². The van der Waals surface area contributed by atoms with Crippen molar-refractivity contribution in [1.82, 2.24) is 19.3 Å². The molecule has 0 unspecified atom stereocenters. The molecule has 3 rings (SSSR count). The average Bonchev–Trinajstić information content (AvgIpc) is 2.90. The zero-order chi connectivity index (χ0) is 14.5. The number of hydrogen-bond acceptors (Lipinski definition) is 3. The molecule has 0 bridgehead atoms. The van der Waals surface area contributed by atoms with E-state index in [0.29, 0.717) is 5.82 Å². The molecule has 5 nitrogen and oxygen atoms in total. The molecule has 0 atom stereocenters. The fraction of sp³-hybridized carbons (Fsp3) is 0.333. The topological polar surface area (TPSA) is 61.7 Å². The van der Waals surface area contributed by atoms with Crippen molar-refractivity contribution in [2.24, 2.45) is 7.05 Å². The minimum Gasteiger partial charge on any atom is -0.383 e. The Kier molecular flexibility index (Phi) is 2.61. The minimum absolute atomic E-state index is 0.0896. The Morgan fingerprint density at radius 1 is 1.15 bits per heavy atom. The molecule has 0 aliphatic rings. The van der Waals surface area contributed by atoms with Gasteiger partial charge in [-0.2, -0.15) is 5.10 Å². The number of nitrogen functional groups attached to an aromatic ring is 1. The zero-order valence-corrected chi connectivity index (χ0v) is 12.3. The van der Waals surface area contributed by atoms with Crippen molar-refractivity contribution in [3.05, 3.63) is 30.5 Å². The third-order valence-electron chi connectivity index (χ3n) is 3.46. The van der Waals surface area contributed by atoms with E-state index in [2.05, 4.69) is 36.5 Å². The maximum Gasteiger partial charge on any atom is 0.146 e. The van der Waals surface area contributed by atoms with Crippen LogP contribution >= 0.6 is 0 Å². The lowest BCUT2D eigenvalue weighted by Gasteiger charge is -2.24. The van der Waals surface area contributed by atoms with Crippen molar-refractivity contribution in [3.8, 4) is 11.4 Å². The van der Waals surface area contributed by atoms with Gasteiger partial charge in [0.15, 0.2) is 0 Å². The normalized spacial score (nSPS) is 12.2. The molecule has 20 heavy (non-hydrogen) atoms. The highest BCUT2D eigenvalue weighted by atomic mass is 15.3. The SMILES string of the molecule is Cn1ncc(-c2nc3ccccc3n2C(C)(C)C)c1N. The third-order valence-corrected chi connectivity index (χ3v) is 3.46. The molecule has 0 spiro atoms. The number of aromatic nitrogens is 4. The van der Waals surface area contributed by atoms with E-state index < -0.39 is 0 Å². The number of para-hydroxylation sites is 2. The lowest BCUT2D eigenvalue weighted by atomic mass is 10.1. The second-order valence-corrected chi connectivity index (χ2v) is 6.00. The van der Waals surface area contributed by atoms with Crippen LogP contribution in [0.4, 0.5) is 5.82 Å². The molecule has 104 valence electrons. The molecular formula is C15H19N5. The molecule has 0 saturated carbocycles. The first-order valence-corrected chi connectivity index (χ1v) is 6.65. The molecule has 5 heteroatoms. The minimum atomic E-state index is -0.0896. The second kappa shape index (κ2) is 4.10. The third kappa shape index (κ3) is 1.78. The summed E-state index contributed by atoms with van der Waals surface area (Å²) in [4.78, 5) is 4.75. The first-order chi connectivity index (χ1) is 9.39. The van der Waals surface area contributed by atoms with E-state index in [-0.39, 0.29) is 5.54 Å². The van der Waals surface area contributed by atoms with Gasteiger partial charge in [-0.25, -0.2) is 4.98 Å². The van der Waals surface area contributed by atoms with Crippen LogP contribution in [0, 0.1) is 0 Å². The smallest absolute Gasteiger partial charge is 0.146 e. The molecular weight excluding hydrogens is 250 g/mol. The number of nitrogens with two attached hydrogens (primary N) is 1. The van der Waals surface area contributed by atoms with Gasteiger partial charge in [0, 0.05) is 12.6 Å². The van der Waals surface area contributed by atoms with Crippen molar-refractivity contribution in [2.45, 2.75) is 26.3 Å². The van der Waals surface area contributed by atoms with E-state index in [1.807, 2.05) is 25.2 Å². The van der Waals surface area contributed by atoms with E-state index in [9.17, 15) is 0 Å². The Hall–Kier alpha value is -2.30. The summed E-state index contributed by atoms with van der Waals surface area (Å²) in [6.07, 6.45) is 1.78. The van der Waals surface area contributed by atoms with Crippen molar-refractivity contribution in [1.29, 1.82) is 0 Å². The number of nitrogens with zero attached hydrogens (tertiary/aromatic N) is 4. The zero-order valence-electron chi connectivity index (χ0n) is 12.3. The highest BCUT2D eigenvalue weighted by molar-refractivity contribution is 5.83. The van der Waals surface area contributed by atoms with Crippen LogP contribution in [0.15, 0.2) is 30.5 Å². The molecule has 2 heterocycles. The Morgan fingerprint density at radius 3 is 2.45 bits per heavy atom. The van der Waals surface area contributed by atoms with Gasteiger partial charge in [-0.1, -0.05) is 12.1 Å². The summed E-state index contributed by atoms with van der Waals surface area (Å²) in [5.74, 6) is 1.50. The highest BCUT2D eigenvalue weighted by Gasteiger charge is 2.24. The molecule has 0 aliphatic heterocycles. The summed E-state index contributed by atoms with van der Waals surface area (Å²) in [6.45, 7) is 6.49. The number of anilines is 1. The molecule has 1 aromatic carbocycles. The summed E-state index contributed by atoms with van der Waals surface area (Å²) in [5, 5.41) is 4.22. The van der Waals surface area contributed by atoms with E-state index in [0.717, 1.165) is 22.4 Å². The van der Waals surface area contributed by atoms with E-state index in [1.165, 1.54) is 0 Å². The van der Waals surface area contributed by atoms with Gasteiger partial charge in [0.1, 0.15) is 11.6 Å². The molecule has 0 radical (unpaired) electrons. The Labute approximate surface area is 118 Å². The van der Waals surface area contributed by atoms with Crippen molar-refractivity contribution in [2.75, 3.05) is 5.73 Å². The molecule has 2 aromatic heterocycles. The van der Waals surface area contributed by atoms with Crippen LogP contribution in [0.3, 0.4) is 0 Å². The van der Waals surface area contributed by atoms with Crippen LogP contribution in [-0.2, 0) is 12.6 Å². The van der Waals surface area contributed by atoms with Crippen LogP contribution < -0.4 is 5.73 Å². The van der Waals surface area contributed by atoms with Gasteiger partial charge in [0.05, 0.1) is 22.8 Å². The number of rotatable bonds is 1. The van der Waals surface area contributed by atoms with Crippen LogP contribution in [0.1, 0.15) is 20.8 Å². The van der Waals surface area contributed by atoms with Gasteiger partial charge in [0.2, 0.25) is 0 Å². The Bertz CT molecular complexity index is 773. The predicted octanol–water partition coefficient (Wildman–Crippen LogP) is 2.77. The van der Waals surface area contributed by atoms with Crippen LogP contribution in [0.5, 0.6) is 0 Å². The Balaban J connectivity index is 2.38. The molecule has 0 saturated heterocycles. The first kappa shape index (κ1) is 12.7. The van der Waals surface area contributed by atoms with Gasteiger partial charge >= 0.3 is 0 Å². The lowest BCUT2D eigenvalue weighted by Crippen LogP contribution is -2.22. The van der Waals surface area contributed by atoms with Gasteiger partial charge in [0.25, 0.3) is 0 Å². The fourth-order valence-electron chi connectivity index (χ4n) is 2.50. The molecule has 0 amide bonds. The van der Waals surface area contributed by atoms with E-state index in [1.54, 1.807) is 10.9 Å². The van der Waals surface area contributed by atoms with Crippen LogP contribution in [0.25, 0.3) is 22.4 Å². The van der Waals surface area contributed by atoms with Gasteiger partial charge in [-0.3, -0.25) is 4.68 Å². The van der Waals surface area contributed by atoms with Crippen molar-refractivity contribution < 1.29 is 0 Å². The number of fused-ring (bicyclic) bond motifs is 1. The standard InChI is InChI=1S/C15H19N5/c1-15(2,3)20-12-8-6-5-7-11(12)18-14(20)10-9-17-19(4)13(10)16/h5-9H,16H2,1-4H3. The predicted molar refractivity (Wildman–Crippen MR) is 81.3 cm³/mol. The number of imidazole rings is 1. The number of benzene rings is 1. The maximum absolute atomic E-state index is 6.12. The van der Waals surface area contributed by atoms with Crippen LogP contribution in [-0.4, -0.2) is 19.3 Å². The fourth-order valence-corrected chi connectivity index (χ4v) is 2.50. The van der Waals surface area contributed by atoms with Gasteiger partial charge < -0.3 is 10.3 Å². The second-order valence-electron chi connectivity index (χ2n) is 6.00. The molecule has 2 N–H and O–H groups in total.